The van der Waals surface area contributed by atoms with E-state index in [0.29, 0.717) is 12.2 Å². The zero-order chi connectivity index (χ0) is 13.9. The molecular weight excluding hydrogens is 258 g/mol. The third-order valence-corrected chi connectivity index (χ3v) is 2.94. The predicted molar refractivity (Wildman–Crippen MR) is 68.7 cm³/mol. The Kier molecular flexibility index (Phi) is 3.08. The summed E-state index contributed by atoms with van der Waals surface area (Å²) >= 11 is 0. The molecule has 0 saturated carbocycles. The van der Waals surface area contributed by atoms with Crippen LogP contribution in [0.4, 0.5) is 0 Å². The molecule has 3 heterocycles. The van der Waals surface area contributed by atoms with Crippen LogP contribution in [-0.2, 0) is 11.3 Å². The molecule has 0 fully saturated rings. The Morgan fingerprint density at radius 1 is 1.30 bits per heavy atom. The second-order valence-electron chi connectivity index (χ2n) is 4.27. The van der Waals surface area contributed by atoms with Crippen molar-refractivity contribution in [2.45, 2.75) is 13.0 Å². The van der Waals surface area contributed by atoms with Gasteiger partial charge in [0.05, 0.1) is 0 Å². The first-order chi connectivity index (χ1) is 9.74. The predicted octanol–water partition coefficient (Wildman–Crippen LogP) is 0.553. The fraction of sp³-hybridized carbons (Fsp3) is 0.154. The van der Waals surface area contributed by atoms with Crippen molar-refractivity contribution < 1.29 is 14.5 Å². The molecule has 0 aliphatic carbocycles. The monoisotopic (exact) mass is 270 g/mol. The third kappa shape index (κ3) is 2.33. The highest BCUT2D eigenvalue weighted by Crippen LogP contribution is 2.18. The van der Waals surface area contributed by atoms with Crippen LogP contribution in [0.2, 0.25) is 0 Å². The standard InChI is InChI=1S/C13H11N5O2/c19-11(20)3-7-17-5-1-10(2-6-17)12-13-15-9-16-18(13)8-4-14-12/h1-2,4-6,8-9H,3,7H2/p+1. The molecule has 100 valence electrons. The van der Waals surface area contributed by atoms with Crippen LogP contribution in [0.15, 0.2) is 43.2 Å². The van der Waals surface area contributed by atoms with Crippen molar-refractivity contribution in [2.24, 2.45) is 0 Å². The SMILES string of the molecule is O=C(O)CC[n+]1ccc(-c2nccn3ncnc23)cc1. The molecule has 0 aromatic carbocycles. The Hall–Kier alpha value is -2.83. The first-order valence-electron chi connectivity index (χ1n) is 6.09. The van der Waals surface area contributed by atoms with Crippen molar-refractivity contribution in [3.8, 4) is 11.3 Å². The zero-order valence-electron chi connectivity index (χ0n) is 10.5. The van der Waals surface area contributed by atoms with Gasteiger partial charge in [0.1, 0.15) is 18.4 Å². The van der Waals surface area contributed by atoms with Gasteiger partial charge in [-0.1, -0.05) is 0 Å². The highest BCUT2D eigenvalue weighted by atomic mass is 16.4. The van der Waals surface area contributed by atoms with Crippen molar-refractivity contribution in [3.05, 3.63) is 43.2 Å². The minimum absolute atomic E-state index is 0.0992. The summed E-state index contributed by atoms with van der Waals surface area (Å²) in [6, 6.07) is 3.78. The smallest absolute Gasteiger partial charge is 0.309 e. The van der Waals surface area contributed by atoms with Crippen LogP contribution in [0, 0.1) is 0 Å². The topological polar surface area (TPSA) is 84.3 Å². The van der Waals surface area contributed by atoms with Gasteiger partial charge in [0.2, 0.25) is 0 Å². The molecular formula is C13H12N5O2+. The van der Waals surface area contributed by atoms with Crippen LogP contribution in [0.3, 0.4) is 0 Å². The van der Waals surface area contributed by atoms with E-state index in [1.54, 1.807) is 16.9 Å². The second kappa shape index (κ2) is 5.04. The Labute approximate surface area is 114 Å². The minimum atomic E-state index is -0.809. The van der Waals surface area contributed by atoms with Crippen LogP contribution in [-0.4, -0.2) is 30.7 Å². The van der Waals surface area contributed by atoms with Gasteiger partial charge in [0.25, 0.3) is 0 Å². The van der Waals surface area contributed by atoms with E-state index in [1.807, 2.05) is 29.1 Å². The van der Waals surface area contributed by atoms with Gasteiger partial charge in [-0.25, -0.2) is 14.1 Å². The van der Waals surface area contributed by atoms with Crippen molar-refractivity contribution >= 4 is 11.6 Å². The molecule has 0 atom stereocenters. The Bertz CT molecular complexity index is 751. The maximum Gasteiger partial charge on any atom is 0.309 e. The van der Waals surface area contributed by atoms with Gasteiger partial charge >= 0.3 is 5.97 Å². The molecule has 0 spiro atoms. The summed E-state index contributed by atoms with van der Waals surface area (Å²) in [5, 5.41) is 12.7. The van der Waals surface area contributed by atoms with Crippen LogP contribution < -0.4 is 4.57 Å². The molecule has 0 amide bonds. The first kappa shape index (κ1) is 12.2. The Balaban J connectivity index is 1.91. The number of aryl methyl sites for hydroxylation is 1. The lowest BCUT2D eigenvalue weighted by atomic mass is 10.2. The fourth-order valence-corrected chi connectivity index (χ4v) is 1.95. The van der Waals surface area contributed by atoms with Crippen LogP contribution >= 0.6 is 0 Å². The molecule has 0 saturated heterocycles. The summed E-state index contributed by atoms with van der Waals surface area (Å²) in [6.07, 6.45) is 8.66. The summed E-state index contributed by atoms with van der Waals surface area (Å²) < 4.78 is 3.48. The van der Waals surface area contributed by atoms with E-state index in [2.05, 4.69) is 15.1 Å². The van der Waals surface area contributed by atoms with Gasteiger partial charge in [-0.2, -0.15) is 5.10 Å². The van der Waals surface area contributed by atoms with Crippen molar-refractivity contribution in [2.75, 3.05) is 0 Å². The molecule has 0 bridgehead atoms. The minimum Gasteiger partial charge on any atom is -0.481 e. The average Bonchev–Trinajstić information content (AvgIpc) is 2.94. The number of pyridine rings is 1. The third-order valence-electron chi connectivity index (χ3n) is 2.94. The van der Waals surface area contributed by atoms with Crippen LogP contribution in [0.1, 0.15) is 6.42 Å². The van der Waals surface area contributed by atoms with E-state index in [1.165, 1.54) is 6.33 Å². The van der Waals surface area contributed by atoms with Gasteiger partial charge in [-0.05, 0) is 0 Å². The lowest BCUT2D eigenvalue weighted by molar-refractivity contribution is -0.695. The van der Waals surface area contributed by atoms with Gasteiger partial charge in [0, 0.05) is 30.1 Å². The molecule has 0 aliphatic heterocycles. The molecule has 1 N–H and O–H groups in total. The number of aromatic nitrogens is 5. The second-order valence-corrected chi connectivity index (χ2v) is 4.27. The fourth-order valence-electron chi connectivity index (χ4n) is 1.95. The summed E-state index contributed by atoms with van der Waals surface area (Å²) in [4.78, 5) is 19.0. The Morgan fingerprint density at radius 3 is 2.85 bits per heavy atom. The summed E-state index contributed by atoms with van der Waals surface area (Å²) in [5.41, 5.74) is 2.35. The Morgan fingerprint density at radius 2 is 2.10 bits per heavy atom. The summed E-state index contributed by atoms with van der Waals surface area (Å²) in [5.74, 6) is -0.809. The van der Waals surface area contributed by atoms with E-state index in [9.17, 15) is 4.79 Å². The quantitative estimate of drug-likeness (QED) is 0.700. The van der Waals surface area contributed by atoms with Gasteiger partial charge < -0.3 is 5.11 Å². The first-order valence-corrected chi connectivity index (χ1v) is 6.09. The number of rotatable bonds is 4. The number of carboxylic acids is 1. The van der Waals surface area contributed by atoms with Gasteiger partial charge in [-0.15, -0.1) is 0 Å². The number of fused-ring (bicyclic) bond motifs is 1. The normalized spacial score (nSPS) is 10.8. The van der Waals surface area contributed by atoms with Gasteiger partial charge in [-0.3, -0.25) is 9.78 Å². The van der Waals surface area contributed by atoms with E-state index < -0.39 is 5.97 Å². The molecule has 7 heteroatoms. The molecule has 0 aliphatic rings. The maximum absolute atomic E-state index is 10.5. The largest absolute Gasteiger partial charge is 0.481 e. The maximum atomic E-state index is 10.5. The highest BCUT2D eigenvalue weighted by Gasteiger charge is 2.10. The molecule has 20 heavy (non-hydrogen) atoms. The lowest BCUT2D eigenvalue weighted by Crippen LogP contribution is -2.33. The van der Waals surface area contributed by atoms with E-state index in [-0.39, 0.29) is 6.42 Å². The molecule has 0 radical (unpaired) electrons. The number of carboxylic acid groups (broad SMARTS) is 1. The number of nitrogens with zero attached hydrogens (tertiary/aromatic N) is 5. The summed E-state index contributed by atoms with van der Waals surface area (Å²) in [6.45, 7) is 0.443. The van der Waals surface area contributed by atoms with Crippen molar-refractivity contribution in [1.82, 2.24) is 19.6 Å². The highest BCUT2D eigenvalue weighted by molar-refractivity contribution is 5.72. The number of carbonyl (C=O) groups is 1. The molecule has 3 aromatic rings. The lowest BCUT2D eigenvalue weighted by Gasteiger charge is -2.01. The molecule has 0 unspecified atom stereocenters. The number of hydrogen-bond donors (Lipinski definition) is 1. The van der Waals surface area contributed by atoms with Crippen LogP contribution in [0.5, 0.6) is 0 Å². The van der Waals surface area contributed by atoms with Crippen LogP contribution in [0.25, 0.3) is 16.9 Å². The van der Waals surface area contributed by atoms with Crippen molar-refractivity contribution in [1.29, 1.82) is 0 Å². The van der Waals surface area contributed by atoms with E-state index >= 15 is 0 Å². The number of aliphatic carboxylic acids is 1. The molecule has 3 aromatic heterocycles. The average molecular weight is 270 g/mol. The molecule has 3 rings (SSSR count). The van der Waals surface area contributed by atoms with Gasteiger partial charge in [0.15, 0.2) is 24.6 Å². The summed E-state index contributed by atoms with van der Waals surface area (Å²) in [7, 11) is 0. The van der Waals surface area contributed by atoms with Crippen molar-refractivity contribution in [3.63, 3.8) is 0 Å². The van der Waals surface area contributed by atoms with E-state index in [0.717, 1.165) is 11.3 Å². The molecule has 7 nitrogen and oxygen atoms in total. The number of hydrogen-bond acceptors (Lipinski definition) is 4. The zero-order valence-corrected chi connectivity index (χ0v) is 10.5. The van der Waals surface area contributed by atoms with E-state index in [4.69, 9.17) is 5.11 Å².